The summed E-state index contributed by atoms with van der Waals surface area (Å²) >= 11 is 0. The third-order valence-electron chi connectivity index (χ3n) is 6.31. The van der Waals surface area contributed by atoms with E-state index in [2.05, 4.69) is 11.8 Å². The van der Waals surface area contributed by atoms with Crippen molar-refractivity contribution in [2.75, 3.05) is 46.0 Å². The maximum atomic E-state index is 13.1. The Bertz CT molecular complexity index is 1010. The zero-order valence-electron chi connectivity index (χ0n) is 19.6. The molecule has 7 heteroatoms. The molecular formula is C27H32N2O5. The first-order valence-corrected chi connectivity index (χ1v) is 12.0. The number of aliphatic hydroxyl groups excluding tert-OH is 1. The molecule has 2 aromatic rings. The van der Waals surface area contributed by atoms with Crippen LogP contribution < -0.4 is 4.74 Å². The molecule has 0 spiro atoms. The Morgan fingerprint density at radius 1 is 1.03 bits per heavy atom. The lowest BCUT2D eigenvalue weighted by atomic mass is 9.95. The van der Waals surface area contributed by atoms with Gasteiger partial charge in [-0.2, -0.15) is 0 Å². The van der Waals surface area contributed by atoms with Gasteiger partial charge in [-0.3, -0.25) is 14.5 Å². The first kappa shape index (κ1) is 24.0. The molecule has 2 heterocycles. The number of hydrogen-bond donors (Lipinski definition) is 1. The number of hydrogen-bond acceptors (Lipinski definition) is 6. The average Bonchev–Trinajstić information content (AvgIpc) is 3.13. The monoisotopic (exact) mass is 464 g/mol. The van der Waals surface area contributed by atoms with Gasteiger partial charge in [0.2, 0.25) is 0 Å². The predicted octanol–water partition coefficient (Wildman–Crippen LogP) is 3.62. The van der Waals surface area contributed by atoms with Gasteiger partial charge in [0.15, 0.2) is 0 Å². The number of nitrogens with zero attached hydrogens (tertiary/aromatic N) is 2. The van der Waals surface area contributed by atoms with E-state index in [1.54, 1.807) is 29.2 Å². The second-order valence-corrected chi connectivity index (χ2v) is 8.58. The fourth-order valence-electron chi connectivity index (χ4n) is 4.36. The van der Waals surface area contributed by atoms with Gasteiger partial charge in [0.25, 0.3) is 11.7 Å². The number of rotatable bonds is 9. The molecule has 1 atom stereocenters. The minimum Gasteiger partial charge on any atom is -0.507 e. The molecule has 4 rings (SSSR count). The highest BCUT2D eigenvalue weighted by molar-refractivity contribution is 6.46. The second kappa shape index (κ2) is 11.3. The molecule has 180 valence electrons. The molecule has 7 nitrogen and oxygen atoms in total. The Kier molecular flexibility index (Phi) is 7.98. The van der Waals surface area contributed by atoms with Crippen molar-refractivity contribution in [3.05, 3.63) is 71.3 Å². The smallest absolute Gasteiger partial charge is 0.295 e. The molecule has 1 N–H and O–H groups in total. The highest BCUT2D eigenvalue weighted by atomic mass is 16.5. The number of carbonyl (C=O) groups excluding carboxylic acids is 2. The molecule has 34 heavy (non-hydrogen) atoms. The van der Waals surface area contributed by atoms with Gasteiger partial charge >= 0.3 is 0 Å². The van der Waals surface area contributed by atoms with Crippen LogP contribution in [0.15, 0.2) is 60.2 Å². The van der Waals surface area contributed by atoms with E-state index < -0.39 is 17.7 Å². The summed E-state index contributed by atoms with van der Waals surface area (Å²) < 4.78 is 11.2. The molecule has 2 saturated heterocycles. The molecule has 2 aromatic carbocycles. The lowest BCUT2D eigenvalue weighted by molar-refractivity contribution is -0.140. The molecular weight excluding hydrogens is 432 g/mol. The van der Waals surface area contributed by atoms with Crippen molar-refractivity contribution in [2.45, 2.75) is 25.8 Å². The summed E-state index contributed by atoms with van der Waals surface area (Å²) in [7, 11) is 0. The number of unbranched alkanes of at least 4 members (excludes halogenated alkanes) is 1. The van der Waals surface area contributed by atoms with E-state index in [1.807, 2.05) is 30.3 Å². The summed E-state index contributed by atoms with van der Waals surface area (Å²) in [5.41, 5.74) is 1.40. The van der Waals surface area contributed by atoms with Crippen LogP contribution in [0.5, 0.6) is 5.75 Å². The van der Waals surface area contributed by atoms with Crippen molar-refractivity contribution in [2.24, 2.45) is 0 Å². The Labute approximate surface area is 200 Å². The second-order valence-electron chi connectivity index (χ2n) is 8.58. The maximum absolute atomic E-state index is 13.1. The first-order valence-electron chi connectivity index (χ1n) is 12.0. The lowest BCUT2D eigenvalue weighted by Crippen LogP contribution is -2.42. The lowest BCUT2D eigenvalue weighted by Gasteiger charge is -2.31. The Morgan fingerprint density at radius 3 is 2.41 bits per heavy atom. The average molecular weight is 465 g/mol. The largest absolute Gasteiger partial charge is 0.507 e. The zero-order valence-corrected chi connectivity index (χ0v) is 19.6. The van der Waals surface area contributed by atoms with Gasteiger partial charge in [-0.05, 0) is 24.1 Å². The van der Waals surface area contributed by atoms with E-state index in [9.17, 15) is 14.7 Å². The summed E-state index contributed by atoms with van der Waals surface area (Å²) in [4.78, 5) is 30.1. The van der Waals surface area contributed by atoms with Gasteiger partial charge in [-0.25, -0.2) is 0 Å². The normalized spacial score (nSPS) is 20.6. The molecule has 2 aliphatic rings. The van der Waals surface area contributed by atoms with Crippen LogP contribution in [0.3, 0.4) is 0 Å². The summed E-state index contributed by atoms with van der Waals surface area (Å²) in [6.07, 6.45) is 2.02. The van der Waals surface area contributed by atoms with Gasteiger partial charge in [0, 0.05) is 31.7 Å². The Morgan fingerprint density at radius 2 is 1.74 bits per heavy atom. The van der Waals surface area contributed by atoms with Crippen molar-refractivity contribution in [1.82, 2.24) is 9.80 Å². The minimum atomic E-state index is -0.661. The third-order valence-corrected chi connectivity index (χ3v) is 6.31. The summed E-state index contributed by atoms with van der Waals surface area (Å²) in [6, 6.07) is 15.7. The van der Waals surface area contributed by atoms with Crippen LogP contribution in [0.25, 0.3) is 5.76 Å². The standard InChI is InChI=1S/C27H32N2O5/c1-2-3-17-34-22-11-9-20(10-12-22)24-23(25(30)21-7-5-4-6-8-21)26(31)27(32)29(24)14-13-28-15-18-33-19-16-28/h4-12,24,30H,2-3,13-19H2,1H3/b25-23+. The maximum Gasteiger partial charge on any atom is 0.295 e. The van der Waals surface area contributed by atoms with E-state index >= 15 is 0 Å². The van der Waals surface area contributed by atoms with Crippen LogP contribution in [-0.4, -0.2) is 72.6 Å². The van der Waals surface area contributed by atoms with E-state index in [-0.39, 0.29) is 11.3 Å². The minimum absolute atomic E-state index is 0.123. The van der Waals surface area contributed by atoms with E-state index in [0.29, 0.717) is 38.5 Å². The van der Waals surface area contributed by atoms with Crippen molar-refractivity contribution < 1.29 is 24.2 Å². The van der Waals surface area contributed by atoms with Gasteiger partial charge < -0.3 is 19.5 Å². The molecule has 2 aliphatic heterocycles. The van der Waals surface area contributed by atoms with Crippen molar-refractivity contribution in [3.8, 4) is 5.75 Å². The molecule has 0 aliphatic carbocycles. The summed E-state index contributed by atoms with van der Waals surface area (Å²) in [6.45, 7) is 6.68. The zero-order chi connectivity index (χ0) is 23.9. The number of benzene rings is 2. The fraction of sp³-hybridized carbons (Fsp3) is 0.407. The van der Waals surface area contributed by atoms with E-state index in [4.69, 9.17) is 9.47 Å². The van der Waals surface area contributed by atoms with Crippen LogP contribution in [-0.2, 0) is 14.3 Å². The number of aliphatic hydroxyl groups is 1. The van der Waals surface area contributed by atoms with Gasteiger partial charge in [0.05, 0.1) is 31.4 Å². The number of Topliss-reactive ketones (excluding diaryl/α,β-unsaturated/α-hetero) is 1. The van der Waals surface area contributed by atoms with Crippen molar-refractivity contribution in [1.29, 1.82) is 0 Å². The Hall–Kier alpha value is -3.16. The van der Waals surface area contributed by atoms with Gasteiger partial charge in [0.1, 0.15) is 11.5 Å². The quantitative estimate of drug-likeness (QED) is 0.264. The number of morpholine rings is 1. The number of ketones is 1. The number of likely N-dealkylation sites (tertiary alicyclic amines) is 1. The predicted molar refractivity (Wildman–Crippen MR) is 130 cm³/mol. The SMILES string of the molecule is CCCCOc1ccc(C2/C(=C(\O)c3ccccc3)C(=O)C(=O)N2CCN2CCOCC2)cc1. The van der Waals surface area contributed by atoms with Gasteiger partial charge in [-0.15, -0.1) is 0 Å². The number of amides is 1. The van der Waals surface area contributed by atoms with Crippen molar-refractivity contribution >= 4 is 17.4 Å². The summed E-state index contributed by atoms with van der Waals surface area (Å²) in [5.74, 6) is -0.651. The van der Waals surface area contributed by atoms with Gasteiger partial charge in [-0.1, -0.05) is 55.8 Å². The molecule has 0 radical (unpaired) electrons. The van der Waals surface area contributed by atoms with E-state index in [0.717, 1.165) is 37.2 Å². The van der Waals surface area contributed by atoms with E-state index in [1.165, 1.54) is 0 Å². The third kappa shape index (κ3) is 5.32. The van der Waals surface area contributed by atoms with Crippen molar-refractivity contribution in [3.63, 3.8) is 0 Å². The topological polar surface area (TPSA) is 79.3 Å². The molecule has 0 saturated carbocycles. The first-order chi connectivity index (χ1) is 16.6. The Balaban J connectivity index is 1.66. The van der Waals surface area contributed by atoms with Crippen LogP contribution >= 0.6 is 0 Å². The summed E-state index contributed by atoms with van der Waals surface area (Å²) in [5, 5.41) is 11.1. The molecule has 1 amide bonds. The van der Waals surface area contributed by atoms with Crippen LogP contribution in [0.4, 0.5) is 0 Å². The highest BCUT2D eigenvalue weighted by Crippen LogP contribution is 2.39. The highest BCUT2D eigenvalue weighted by Gasteiger charge is 2.46. The number of ether oxygens (including phenoxy) is 2. The molecule has 0 aromatic heterocycles. The van der Waals surface area contributed by atoms with Crippen LogP contribution in [0, 0.1) is 0 Å². The van der Waals surface area contributed by atoms with Crippen LogP contribution in [0.1, 0.15) is 36.9 Å². The number of carbonyl (C=O) groups is 2. The molecule has 0 bridgehead atoms. The molecule has 2 fully saturated rings. The van der Waals surface area contributed by atoms with Crippen LogP contribution in [0.2, 0.25) is 0 Å². The molecule has 1 unspecified atom stereocenters. The fourth-order valence-corrected chi connectivity index (χ4v) is 4.36.